The van der Waals surface area contributed by atoms with Crippen molar-refractivity contribution in [1.82, 2.24) is 9.97 Å². The van der Waals surface area contributed by atoms with E-state index in [1.807, 2.05) is 0 Å². The Bertz CT molecular complexity index is 1400. The van der Waals surface area contributed by atoms with Gasteiger partial charge in [0.15, 0.2) is 9.84 Å². The number of carbonyl (C=O) groups excluding carboxylic acids is 1. The van der Waals surface area contributed by atoms with E-state index < -0.39 is 33.4 Å². The van der Waals surface area contributed by atoms with Crippen LogP contribution in [0.1, 0.15) is 16.8 Å². The van der Waals surface area contributed by atoms with Crippen molar-refractivity contribution in [3.8, 4) is 11.6 Å². The molecule has 0 aliphatic carbocycles. The monoisotopic (exact) mass is 510 g/mol. The Morgan fingerprint density at radius 3 is 2.63 bits per heavy atom. The van der Waals surface area contributed by atoms with Crippen LogP contribution >= 0.6 is 0 Å². The maximum atomic E-state index is 13.5. The summed E-state index contributed by atoms with van der Waals surface area (Å²) >= 11 is 0. The molecular formula is C22H18F4N4O4S. The molecule has 35 heavy (non-hydrogen) atoms. The molecule has 0 radical (unpaired) electrons. The fourth-order valence-corrected chi connectivity index (χ4v) is 4.26. The van der Waals surface area contributed by atoms with Crippen molar-refractivity contribution in [3.63, 3.8) is 0 Å². The second kappa shape index (κ2) is 9.13. The molecule has 0 bridgehead atoms. The molecule has 4 rings (SSSR count). The topological polar surface area (TPSA) is 101 Å². The predicted octanol–water partition coefficient (Wildman–Crippen LogP) is 4.57. The number of ether oxygens (including phenoxy) is 1. The van der Waals surface area contributed by atoms with Gasteiger partial charge < -0.3 is 10.1 Å². The predicted molar refractivity (Wildman–Crippen MR) is 119 cm³/mol. The van der Waals surface area contributed by atoms with Crippen molar-refractivity contribution in [2.45, 2.75) is 18.3 Å². The van der Waals surface area contributed by atoms with Crippen LogP contribution in [0, 0.1) is 5.82 Å². The van der Waals surface area contributed by atoms with E-state index in [1.165, 1.54) is 17.3 Å². The van der Waals surface area contributed by atoms with Crippen LogP contribution in [-0.2, 0) is 28.2 Å². The number of rotatable bonds is 5. The molecule has 2 heterocycles. The molecule has 1 aromatic heterocycles. The number of anilines is 2. The van der Waals surface area contributed by atoms with Gasteiger partial charge >= 0.3 is 12.2 Å². The second-order valence-electron chi connectivity index (χ2n) is 7.83. The Balaban J connectivity index is 1.48. The minimum atomic E-state index is -4.89. The van der Waals surface area contributed by atoms with Gasteiger partial charge in [0.25, 0.3) is 0 Å². The molecule has 1 aliphatic heterocycles. The van der Waals surface area contributed by atoms with Gasteiger partial charge in [0.05, 0.1) is 17.0 Å². The number of alkyl halides is 3. The van der Waals surface area contributed by atoms with Crippen molar-refractivity contribution in [1.29, 1.82) is 0 Å². The first-order valence-corrected chi connectivity index (χ1v) is 12.2. The highest BCUT2D eigenvalue weighted by Crippen LogP contribution is 2.35. The van der Waals surface area contributed by atoms with Crippen molar-refractivity contribution in [3.05, 3.63) is 71.4 Å². The number of sulfone groups is 1. The lowest BCUT2D eigenvalue weighted by molar-refractivity contribution is -0.139. The molecule has 8 nitrogen and oxygen atoms in total. The molecule has 1 N–H and O–H groups in total. The highest BCUT2D eigenvalue weighted by Gasteiger charge is 2.34. The van der Waals surface area contributed by atoms with Crippen LogP contribution < -0.4 is 15.0 Å². The van der Waals surface area contributed by atoms with Crippen molar-refractivity contribution in [2.24, 2.45) is 0 Å². The minimum Gasteiger partial charge on any atom is -0.439 e. The molecule has 3 aromatic rings. The van der Waals surface area contributed by atoms with Gasteiger partial charge in [-0.05, 0) is 48.4 Å². The molecule has 1 aliphatic rings. The minimum absolute atomic E-state index is 0.142. The number of aromatic nitrogens is 2. The van der Waals surface area contributed by atoms with E-state index in [2.05, 4.69) is 15.3 Å². The fraction of sp³-hybridized carbons (Fsp3) is 0.227. The molecular weight excluding hydrogens is 492 g/mol. The van der Waals surface area contributed by atoms with Gasteiger partial charge in [-0.1, -0.05) is 0 Å². The standard InChI is InChI=1S/C22H18F4N4O4S/c1-35(32,33)11-15-10-20(28-12-27-15)34-16-3-5-19-13(8-16)6-7-30(19)21(31)29-14-2-4-18(23)17(9-14)22(24,25)26/h2-5,8-10,12H,6-7,11H2,1H3,(H,29,31). The molecule has 0 saturated carbocycles. The van der Waals surface area contributed by atoms with Gasteiger partial charge in [0, 0.05) is 30.2 Å². The van der Waals surface area contributed by atoms with E-state index >= 15 is 0 Å². The van der Waals surface area contributed by atoms with E-state index in [9.17, 15) is 30.8 Å². The number of fused-ring (bicyclic) bond motifs is 1. The Hall–Kier alpha value is -3.74. The average Bonchev–Trinajstić information content (AvgIpc) is 3.17. The lowest BCUT2D eigenvalue weighted by atomic mass is 10.1. The van der Waals surface area contributed by atoms with Crippen LogP contribution in [0.5, 0.6) is 11.6 Å². The Kier molecular flexibility index (Phi) is 6.36. The first kappa shape index (κ1) is 24.4. The van der Waals surface area contributed by atoms with Gasteiger partial charge in [-0.2, -0.15) is 13.2 Å². The van der Waals surface area contributed by atoms with Gasteiger partial charge in [0.2, 0.25) is 5.88 Å². The summed E-state index contributed by atoms with van der Waals surface area (Å²) in [5.41, 5.74) is -0.100. The van der Waals surface area contributed by atoms with E-state index in [0.717, 1.165) is 17.9 Å². The summed E-state index contributed by atoms with van der Waals surface area (Å²) in [6, 6.07) is 7.85. The third-order valence-electron chi connectivity index (χ3n) is 5.05. The van der Waals surface area contributed by atoms with Gasteiger partial charge in [-0.3, -0.25) is 4.90 Å². The summed E-state index contributed by atoms with van der Waals surface area (Å²) in [7, 11) is -3.29. The smallest absolute Gasteiger partial charge is 0.419 e. The van der Waals surface area contributed by atoms with Crippen molar-refractivity contribution < 1.29 is 35.5 Å². The van der Waals surface area contributed by atoms with Crippen molar-refractivity contribution in [2.75, 3.05) is 23.0 Å². The molecule has 0 atom stereocenters. The summed E-state index contributed by atoms with van der Waals surface area (Å²) in [4.78, 5) is 21.9. The van der Waals surface area contributed by atoms with Gasteiger partial charge in [-0.15, -0.1) is 0 Å². The largest absolute Gasteiger partial charge is 0.439 e. The normalized spacial score (nSPS) is 13.5. The van der Waals surface area contributed by atoms with E-state index in [0.29, 0.717) is 30.0 Å². The summed E-state index contributed by atoms with van der Waals surface area (Å²) in [6.45, 7) is 0.268. The summed E-state index contributed by atoms with van der Waals surface area (Å²) in [6.07, 6.45) is -2.16. The van der Waals surface area contributed by atoms with Gasteiger partial charge in [-0.25, -0.2) is 27.6 Å². The summed E-state index contributed by atoms with van der Waals surface area (Å²) in [5, 5.41) is 2.37. The third kappa shape index (κ3) is 5.85. The zero-order chi connectivity index (χ0) is 25.4. The quantitative estimate of drug-likeness (QED) is 0.505. The van der Waals surface area contributed by atoms with Crippen LogP contribution in [0.4, 0.5) is 33.7 Å². The first-order valence-electron chi connectivity index (χ1n) is 10.1. The van der Waals surface area contributed by atoms with E-state index in [-0.39, 0.29) is 29.6 Å². The number of nitrogens with zero attached hydrogens (tertiary/aromatic N) is 3. The SMILES string of the molecule is CS(=O)(=O)Cc1cc(Oc2ccc3c(c2)CCN3C(=O)Nc2ccc(F)c(C(F)(F)F)c2)ncn1. The molecule has 0 unspecified atom stereocenters. The van der Waals surface area contributed by atoms with Crippen LogP contribution in [0.15, 0.2) is 48.8 Å². The molecule has 0 fully saturated rings. The van der Waals surface area contributed by atoms with E-state index in [1.54, 1.807) is 18.2 Å². The number of urea groups is 1. The zero-order valence-corrected chi connectivity index (χ0v) is 19.0. The highest BCUT2D eigenvalue weighted by atomic mass is 32.2. The van der Waals surface area contributed by atoms with Crippen LogP contribution in [0.3, 0.4) is 0 Å². The van der Waals surface area contributed by atoms with Gasteiger partial charge in [0.1, 0.15) is 17.9 Å². The maximum Gasteiger partial charge on any atom is 0.419 e. The van der Waals surface area contributed by atoms with Crippen molar-refractivity contribution >= 4 is 27.2 Å². The Labute approximate surface area is 197 Å². The number of hydrogen-bond acceptors (Lipinski definition) is 6. The van der Waals surface area contributed by atoms with Crippen LogP contribution in [-0.4, -0.2) is 37.2 Å². The lowest BCUT2D eigenvalue weighted by Gasteiger charge is -2.19. The molecule has 184 valence electrons. The first-order chi connectivity index (χ1) is 16.4. The number of carbonyl (C=O) groups is 1. The van der Waals surface area contributed by atoms with Crippen LogP contribution in [0.2, 0.25) is 0 Å². The number of halogens is 4. The zero-order valence-electron chi connectivity index (χ0n) is 18.1. The maximum absolute atomic E-state index is 13.5. The number of nitrogens with one attached hydrogen (secondary N) is 1. The Morgan fingerprint density at radius 2 is 1.91 bits per heavy atom. The number of benzene rings is 2. The fourth-order valence-electron chi connectivity index (χ4n) is 3.56. The molecule has 0 spiro atoms. The third-order valence-corrected chi connectivity index (χ3v) is 5.87. The number of hydrogen-bond donors (Lipinski definition) is 1. The highest BCUT2D eigenvalue weighted by molar-refractivity contribution is 7.89. The average molecular weight is 510 g/mol. The molecule has 2 aromatic carbocycles. The van der Waals surface area contributed by atoms with E-state index in [4.69, 9.17) is 4.74 Å². The summed E-state index contributed by atoms with van der Waals surface area (Å²) < 4.78 is 81.0. The second-order valence-corrected chi connectivity index (χ2v) is 9.97. The molecule has 0 saturated heterocycles. The molecule has 2 amide bonds. The molecule has 13 heteroatoms. The Morgan fingerprint density at radius 1 is 1.14 bits per heavy atom. The van der Waals surface area contributed by atoms with Crippen LogP contribution in [0.25, 0.3) is 0 Å². The summed E-state index contributed by atoms with van der Waals surface area (Å²) in [5.74, 6) is -1.16. The lowest BCUT2D eigenvalue weighted by Crippen LogP contribution is -2.33. The number of amides is 2.